The third kappa shape index (κ3) is 18.1. The molecule has 1 rings (SSSR count). The Morgan fingerprint density at radius 1 is 0.825 bits per heavy atom. The quantitative estimate of drug-likeness (QED) is 0.0919. The van der Waals surface area contributed by atoms with Gasteiger partial charge in [0.05, 0.1) is 19.7 Å². The summed E-state index contributed by atoms with van der Waals surface area (Å²) in [6.45, 7) is 3.23. The van der Waals surface area contributed by atoms with E-state index in [0.717, 1.165) is 25.7 Å². The highest BCUT2D eigenvalue weighted by Crippen LogP contribution is 2.13. The van der Waals surface area contributed by atoms with Gasteiger partial charge in [0.1, 0.15) is 18.4 Å². The fourth-order valence-electron chi connectivity index (χ4n) is 4.71. The van der Waals surface area contributed by atoms with Gasteiger partial charge in [-0.15, -0.1) is 0 Å². The van der Waals surface area contributed by atoms with Crippen molar-refractivity contribution in [3.8, 4) is 0 Å². The molecule has 0 aromatic carbocycles. The lowest BCUT2D eigenvalue weighted by molar-refractivity contribution is -0.148. The molecule has 0 aromatic rings. The van der Waals surface area contributed by atoms with Crippen molar-refractivity contribution in [3.63, 3.8) is 0 Å². The Kier molecular flexibility index (Phi) is 21.8. The van der Waals surface area contributed by atoms with Gasteiger partial charge in [-0.05, 0) is 32.2 Å². The molecule has 0 unspecified atom stereocenters. The molecule has 0 saturated carbocycles. The second kappa shape index (κ2) is 24.5. The van der Waals surface area contributed by atoms with Gasteiger partial charge < -0.3 is 26.8 Å². The highest BCUT2D eigenvalue weighted by Gasteiger charge is 2.28. The largest absolute Gasteiger partial charge is 0.464 e. The molecule has 0 fully saturated rings. The molecule has 0 aromatic heterocycles. The molecule has 0 saturated heterocycles. The number of unbranched alkanes of at least 4 members (excludes halogenated alkanes) is 14. The van der Waals surface area contributed by atoms with Crippen molar-refractivity contribution in [1.82, 2.24) is 10.6 Å². The number of esters is 1. The maximum absolute atomic E-state index is 13.0. The maximum Gasteiger partial charge on any atom is 0.328 e. The lowest BCUT2D eigenvalue weighted by atomic mass is 10.0. The third-order valence-corrected chi connectivity index (χ3v) is 7.16. The van der Waals surface area contributed by atoms with Crippen molar-refractivity contribution in [2.75, 3.05) is 26.2 Å². The monoisotopic (exact) mass is 564 g/mol. The standard InChI is InChI=1S/C30H56N6O4/c1-2-3-4-5-6-7-8-9-10-11-12-13-14-17-20-40-30(39)26(18-15-16-19-31)36-29(38)27(35-28(37)22-32)21-25-23-33-24-34-25/h24,26-27H,2-23,31-32H2,1H3,(H,35,37)(H,36,38)/t26-,27-/m0/s1. The minimum Gasteiger partial charge on any atom is -0.464 e. The number of ether oxygens (including phenoxy) is 1. The van der Waals surface area contributed by atoms with E-state index in [-0.39, 0.29) is 13.0 Å². The van der Waals surface area contributed by atoms with Crippen LogP contribution in [0.4, 0.5) is 0 Å². The van der Waals surface area contributed by atoms with E-state index in [9.17, 15) is 14.4 Å². The molecule has 0 bridgehead atoms. The number of carbonyl (C=O) groups excluding carboxylic acids is 3. The molecule has 2 atom stereocenters. The number of rotatable bonds is 26. The summed E-state index contributed by atoms with van der Waals surface area (Å²) in [6, 6.07) is -1.70. The van der Waals surface area contributed by atoms with Crippen LogP contribution in [0.15, 0.2) is 9.98 Å². The topological polar surface area (TPSA) is 161 Å². The van der Waals surface area contributed by atoms with Crippen molar-refractivity contribution >= 4 is 29.8 Å². The summed E-state index contributed by atoms with van der Waals surface area (Å²) in [5.74, 6) is -1.38. The van der Waals surface area contributed by atoms with E-state index < -0.39 is 29.9 Å². The summed E-state index contributed by atoms with van der Waals surface area (Å²) < 4.78 is 5.52. The van der Waals surface area contributed by atoms with E-state index in [1.807, 2.05) is 0 Å². The van der Waals surface area contributed by atoms with Gasteiger partial charge in [0.2, 0.25) is 11.8 Å². The van der Waals surface area contributed by atoms with Crippen LogP contribution in [0, 0.1) is 0 Å². The smallest absolute Gasteiger partial charge is 0.328 e. The number of hydrogen-bond donors (Lipinski definition) is 4. The van der Waals surface area contributed by atoms with Gasteiger partial charge in [-0.2, -0.15) is 0 Å². The Morgan fingerprint density at radius 2 is 1.43 bits per heavy atom. The summed E-state index contributed by atoms with van der Waals surface area (Å²) in [5, 5.41) is 5.40. The number of nitrogens with two attached hydrogens (primary N) is 2. The first-order valence-corrected chi connectivity index (χ1v) is 15.7. The van der Waals surface area contributed by atoms with Crippen LogP contribution >= 0.6 is 0 Å². The predicted molar refractivity (Wildman–Crippen MR) is 163 cm³/mol. The lowest BCUT2D eigenvalue weighted by Gasteiger charge is -2.22. The molecular formula is C30H56N6O4. The molecule has 6 N–H and O–H groups in total. The first-order chi connectivity index (χ1) is 19.5. The molecule has 230 valence electrons. The van der Waals surface area contributed by atoms with Gasteiger partial charge >= 0.3 is 5.97 Å². The molecule has 40 heavy (non-hydrogen) atoms. The molecule has 0 spiro atoms. The van der Waals surface area contributed by atoms with Crippen molar-refractivity contribution in [2.45, 2.75) is 135 Å². The van der Waals surface area contributed by atoms with Gasteiger partial charge in [0, 0.05) is 12.1 Å². The fraction of sp³-hybridized carbons (Fsp3) is 0.833. The van der Waals surface area contributed by atoms with Crippen molar-refractivity contribution in [3.05, 3.63) is 0 Å². The van der Waals surface area contributed by atoms with Crippen LogP contribution in [0.2, 0.25) is 0 Å². The van der Waals surface area contributed by atoms with E-state index in [1.54, 1.807) is 0 Å². The average Bonchev–Trinajstić information content (AvgIpc) is 3.47. The zero-order valence-corrected chi connectivity index (χ0v) is 25.0. The summed E-state index contributed by atoms with van der Waals surface area (Å²) >= 11 is 0. The van der Waals surface area contributed by atoms with Crippen LogP contribution in [0.3, 0.4) is 0 Å². The van der Waals surface area contributed by atoms with E-state index in [0.29, 0.717) is 38.2 Å². The normalized spacial score (nSPS) is 14.0. The molecule has 10 heteroatoms. The summed E-state index contributed by atoms with van der Waals surface area (Å²) in [5.41, 5.74) is 11.7. The van der Waals surface area contributed by atoms with Gasteiger partial charge in [0.25, 0.3) is 0 Å². The molecule has 1 heterocycles. The molecule has 0 radical (unpaired) electrons. The number of nitrogens with one attached hydrogen (secondary N) is 2. The van der Waals surface area contributed by atoms with E-state index >= 15 is 0 Å². The Morgan fingerprint density at radius 3 is 1.95 bits per heavy atom. The zero-order valence-electron chi connectivity index (χ0n) is 25.0. The predicted octanol–water partition coefficient (Wildman–Crippen LogP) is 3.94. The van der Waals surface area contributed by atoms with Crippen LogP contribution < -0.4 is 22.1 Å². The Bertz CT molecular complexity index is 758. The number of carbonyl (C=O) groups is 3. The van der Waals surface area contributed by atoms with Crippen LogP contribution in [-0.2, 0) is 19.1 Å². The number of nitrogens with zero attached hydrogens (tertiary/aromatic N) is 2. The van der Waals surface area contributed by atoms with Crippen molar-refractivity contribution in [2.24, 2.45) is 21.5 Å². The van der Waals surface area contributed by atoms with Crippen LogP contribution in [0.25, 0.3) is 0 Å². The molecule has 1 aliphatic rings. The van der Waals surface area contributed by atoms with Crippen LogP contribution in [0.1, 0.15) is 122 Å². The van der Waals surface area contributed by atoms with Crippen LogP contribution in [0.5, 0.6) is 0 Å². The first-order valence-electron chi connectivity index (χ1n) is 15.7. The van der Waals surface area contributed by atoms with E-state index in [1.165, 1.54) is 77.0 Å². The lowest BCUT2D eigenvalue weighted by Crippen LogP contribution is -2.53. The highest BCUT2D eigenvalue weighted by atomic mass is 16.5. The Balaban J connectivity index is 2.32. The molecule has 2 amide bonds. The van der Waals surface area contributed by atoms with Gasteiger partial charge in [-0.1, -0.05) is 90.4 Å². The number of hydrogen-bond acceptors (Lipinski definition) is 8. The Hall–Kier alpha value is -2.33. The summed E-state index contributed by atoms with van der Waals surface area (Å²) in [6.07, 6.45) is 21.1. The average molecular weight is 565 g/mol. The second-order valence-corrected chi connectivity index (χ2v) is 10.8. The van der Waals surface area contributed by atoms with Gasteiger partial charge in [-0.3, -0.25) is 14.6 Å². The summed E-state index contributed by atoms with van der Waals surface area (Å²) in [4.78, 5) is 45.9. The first kappa shape index (κ1) is 35.7. The SMILES string of the molecule is CCCCCCCCCCCCCCCCOC(=O)[C@H](CCCCN)NC(=O)[C@H](CC1=NC=NC1)NC(=O)CN. The summed E-state index contributed by atoms with van der Waals surface area (Å²) in [7, 11) is 0. The number of amides is 2. The Labute approximate surface area is 241 Å². The number of aliphatic imine (C=N–C) groups is 2. The maximum atomic E-state index is 13.0. The zero-order chi connectivity index (χ0) is 29.3. The van der Waals surface area contributed by atoms with Crippen molar-refractivity contribution in [1.29, 1.82) is 0 Å². The van der Waals surface area contributed by atoms with E-state index in [2.05, 4.69) is 27.5 Å². The molecule has 0 aliphatic carbocycles. The molecule has 10 nitrogen and oxygen atoms in total. The second-order valence-electron chi connectivity index (χ2n) is 10.8. The highest BCUT2D eigenvalue weighted by molar-refractivity contribution is 6.01. The van der Waals surface area contributed by atoms with Crippen LogP contribution in [-0.4, -0.2) is 68.2 Å². The minimum absolute atomic E-state index is 0.196. The van der Waals surface area contributed by atoms with E-state index in [4.69, 9.17) is 16.2 Å². The van der Waals surface area contributed by atoms with Gasteiger partial charge in [0.15, 0.2) is 0 Å². The molecule has 1 aliphatic heterocycles. The fourth-order valence-corrected chi connectivity index (χ4v) is 4.71. The third-order valence-electron chi connectivity index (χ3n) is 7.16. The molecular weight excluding hydrogens is 508 g/mol. The van der Waals surface area contributed by atoms with Gasteiger partial charge in [-0.25, -0.2) is 9.79 Å². The minimum atomic E-state index is -0.896. The van der Waals surface area contributed by atoms with Crippen molar-refractivity contribution < 1.29 is 19.1 Å².